The third kappa shape index (κ3) is 3.68. The first-order chi connectivity index (χ1) is 13.1. The molecule has 0 spiro atoms. The Morgan fingerprint density at radius 1 is 1.22 bits per heavy atom. The number of para-hydroxylation sites is 2. The number of halogens is 1. The van der Waals surface area contributed by atoms with Crippen LogP contribution in [0.5, 0.6) is 5.75 Å². The summed E-state index contributed by atoms with van der Waals surface area (Å²) in [6.45, 7) is 0.307. The van der Waals surface area contributed by atoms with Gasteiger partial charge in [0.2, 0.25) is 5.95 Å². The van der Waals surface area contributed by atoms with Gasteiger partial charge in [-0.25, -0.2) is 9.37 Å². The van der Waals surface area contributed by atoms with Crippen LogP contribution in [0.2, 0.25) is 0 Å². The highest BCUT2D eigenvalue weighted by Crippen LogP contribution is 2.21. The molecule has 2 aromatic carbocycles. The molecule has 4 aromatic rings. The molecule has 0 aliphatic heterocycles. The molecule has 0 atom stereocenters. The molecule has 0 aliphatic carbocycles. The van der Waals surface area contributed by atoms with Gasteiger partial charge in [-0.3, -0.25) is 10.1 Å². The summed E-state index contributed by atoms with van der Waals surface area (Å²) in [6, 6.07) is 15.3. The maximum atomic E-state index is 12.9. The van der Waals surface area contributed by atoms with Gasteiger partial charge in [-0.2, -0.15) is 0 Å². The van der Waals surface area contributed by atoms with E-state index in [4.69, 9.17) is 4.74 Å². The monoisotopic (exact) mass is 381 g/mol. The van der Waals surface area contributed by atoms with Gasteiger partial charge >= 0.3 is 0 Å². The summed E-state index contributed by atoms with van der Waals surface area (Å²) in [4.78, 5) is 17.5. The number of ether oxygens (including phenoxy) is 1. The lowest BCUT2D eigenvalue weighted by Gasteiger charge is -2.04. The lowest BCUT2D eigenvalue weighted by Crippen LogP contribution is -2.13. The minimum absolute atomic E-state index is 0.216. The fourth-order valence-electron chi connectivity index (χ4n) is 2.69. The molecule has 27 heavy (non-hydrogen) atoms. The number of nitrogens with zero attached hydrogens (tertiary/aromatic N) is 2. The van der Waals surface area contributed by atoms with Crippen molar-refractivity contribution in [1.82, 2.24) is 9.55 Å². The number of carbonyl (C=O) groups excluding carboxylic acids is 1. The predicted molar refractivity (Wildman–Crippen MR) is 104 cm³/mol. The molecule has 4 rings (SSSR count). The number of amides is 1. The summed E-state index contributed by atoms with van der Waals surface area (Å²) < 4.78 is 20.4. The Hall–Kier alpha value is -3.19. The van der Waals surface area contributed by atoms with Gasteiger partial charge in [0, 0.05) is 12.6 Å². The lowest BCUT2D eigenvalue weighted by molar-refractivity contribution is 0.102. The number of aryl methyl sites for hydroxylation is 1. The molecule has 136 valence electrons. The first-order valence-corrected chi connectivity index (χ1v) is 9.17. The summed E-state index contributed by atoms with van der Waals surface area (Å²) >= 11 is 1.34. The van der Waals surface area contributed by atoms with E-state index < -0.39 is 0 Å². The van der Waals surface area contributed by atoms with Crippen molar-refractivity contribution in [3.63, 3.8) is 0 Å². The standard InChI is InChI=1S/C20H16FN3O2S/c1-24-17-5-3-2-4-16(17)22-20(24)23-19(25)18-10-13(12-27-18)11-26-15-8-6-14(21)7-9-15/h2-10,12H,11H2,1H3,(H,22,23,25). The number of carbonyl (C=O) groups is 1. The van der Waals surface area contributed by atoms with E-state index in [0.717, 1.165) is 16.6 Å². The number of benzene rings is 2. The zero-order valence-electron chi connectivity index (χ0n) is 14.5. The second kappa shape index (κ2) is 7.20. The second-order valence-corrected chi connectivity index (χ2v) is 6.91. The van der Waals surface area contributed by atoms with Crippen molar-refractivity contribution in [3.8, 4) is 5.75 Å². The molecule has 7 heteroatoms. The summed E-state index contributed by atoms with van der Waals surface area (Å²) in [7, 11) is 1.86. The van der Waals surface area contributed by atoms with Crippen LogP contribution in [0.25, 0.3) is 11.0 Å². The van der Waals surface area contributed by atoms with Crippen molar-refractivity contribution >= 4 is 34.2 Å². The maximum Gasteiger partial charge on any atom is 0.268 e. The minimum atomic E-state index is -0.307. The Morgan fingerprint density at radius 2 is 2.00 bits per heavy atom. The molecule has 0 saturated carbocycles. The maximum absolute atomic E-state index is 12.9. The number of hydrogen-bond acceptors (Lipinski definition) is 4. The van der Waals surface area contributed by atoms with Crippen LogP contribution in [0.3, 0.4) is 0 Å². The van der Waals surface area contributed by atoms with E-state index in [1.807, 2.05) is 41.3 Å². The van der Waals surface area contributed by atoms with Crippen LogP contribution in [0.15, 0.2) is 60.0 Å². The Balaban J connectivity index is 1.43. The molecule has 0 aliphatic rings. The number of aromatic nitrogens is 2. The number of rotatable bonds is 5. The van der Waals surface area contributed by atoms with Crippen molar-refractivity contribution in [3.05, 3.63) is 76.2 Å². The van der Waals surface area contributed by atoms with E-state index in [1.165, 1.54) is 23.5 Å². The number of thiophene rings is 1. The SMILES string of the molecule is Cn1c(NC(=O)c2cc(COc3ccc(F)cc3)cs2)nc2ccccc21. The highest BCUT2D eigenvalue weighted by Gasteiger charge is 2.14. The van der Waals surface area contributed by atoms with Crippen molar-refractivity contribution in [2.45, 2.75) is 6.61 Å². The average Bonchev–Trinajstić information content (AvgIpc) is 3.27. The van der Waals surface area contributed by atoms with Gasteiger partial charge in [0.1, 0.15) is 18.2 Å². The summed E-state index contributed by atoms with van der Waals surface area (Å²) in [5, 5.41) is 4.72. The van der Waals surface area contributed by atoms with E-state index in [0.29, 0.717) is 23.2 Å². The number of imidazole rings is 1. The predicted octanol–water partition coefficient (Wildman–Crippen LogP) is 4.61. The Bertz CT molecular complexity index is 1100. The number of anilines is 1. The topological polar surface area (TPSA) is 56.2 Å². The average molecular weight is 381 g/mol. The van der Waals surface area contributed by atoms with E-state index in [9.17, 15) is 9.18 Å². The Kier molecular flexibility index (Phi) is 4.60. The molecule has 2 heterocycles. The zero-order valence-corrected chi connectivity index (χ0v) is 15.3. The number of hydrogen-bond donors (Lipinski definition) is 1. The molecule has 0 saturated heterocycles. The molecular formula is C20H16FN3O2S. The van der Waals surface area contributed by atoms with Gasteiger partial charge in [-0.05, 0) is 47.8 Å². The fraction of sp³-hybridized carbons (Fsp3) is 0.100. The van der Waals surface area contributed by atoms with Gasteiger partial charge < -0.3 is 9.30 Å². The normalized spacial score (nSPS) is 10.9. The van der Waals surface area contributed by atoms with Crippen molar-refractivity contribution in [2.75, 3.05) is 5.32 Å². The molecular weight excluding hydrogens is 365 g/mol. The van der Waals surface area contributed by atoms with E-state index in [2.05, 4.69) is 10.3 Å². The molecule has 2 aromatic heterocycles. The summed E-state index contributed by atoms with van der Waals surface area (Å²) in [5.74, 6) is 0.553. The van der Waals surface area contributed by atoms with E-state index >= 15 is 0 Å². The number of nitrogens with one attached hydrogen (secondary N) is 1. The van der Waals surface area contributed by atoms with Crippen molar-refractivity contribution in [2.24, 2.45) is 7.05 Å². The van der Waals surface area contributed by atoms with Crippen LogP contribution >= 0.6 is 11.3 Å². The molecule has 0 radical (unpaired) electrons. The van der Waals surface area contributed by atoms with Gasteiger partial charge in [0.05, 0.1) is 15.9 Å². The molecule has 1 N–H and O–H groups in total. The fourth-order valence-corrected chi connectivity index (χ4v) is 3.48. The summed E-state index contributed by atoms with van der Waals surface area (Å²) in [6.07, 6.45) is 0. The third-order valence-corrected chi connectivity index (χ3v) is 5.09. The second-order valence-electron chi connectivity index (χ2n) is 6.00. The first kappa shape index (κ1) is 17.2. The Morgan fingerprint density at radius 3 is 2.78 bits per heavy atom. The molecule has 5 nitrogen and oxygen atoms in total. The largest absolute Gasteiger partial charge is 0.489 e. The highest BCUT2D eigenvalue weighted by atomic mass is 32.1. The smallest absolute Gasteiger partial charge is 0.268 e. The van der Waals surface area contributed by atoms with Crippen LogP contribution in [0.4, 0.5) is 10.3 Å². The summed E-state index contributed by atoms with van der Waals surface area (Å²) in [5.41, 5.74) is 2.65. The quantitative estimate of drug-likeness (QED) is 0.549. The molecule has 1 amide bonds. The van der Waals surface area contributed by atoms with Crippen LogP contribution in [-0.2, 0) is 13.7 Å². The molecule has 0 bridgehead atoms. The minimum Gasteiger partial charge on any atom is -0.489 e. The molecule has 0 fully saturated rings. The Labute approximate surface area is 159 Å². The zero-order chi connectivity index (χ0) is 18.8. The molecule has 0 unspecified atom stereocenters. The first-order valence-electron chi connectivity index (χ1n) is 8.29. The van der Waals surface area contributed by atoms with Gasteiger partial charge in [-0.1, -0.05) is 12.1 Å². The van der Waals surface area contributed by atoms with Crippen LogP contribution in [0, 0.1) is 5.82 Å². The van der Waals surface area contributed by atoms with E-state index in [1.54, 1.807) is 18.2 Å². The number of fused-ring (bicyclic) bond motifs is 1. The van der Waals surface area contributed by atoms with Crippen molar-refractivity contribution < 1.29 is 13.9 Å². The van der Waals surface area contributed by atoms with E-state index in [-0.39, 0.29) is 11.7 Å². The van der Waals surface area contributed by atoms with Gasteiger partial charge in [0.15, 0.2) is 0 Å². The van der Waals surface area contributed by atoms with Gasteiger partial charge in [-0.15, -0.1) is 11.3 Å². The third-order valence-electron chi connectivity index (χ3n) is 4.11. The van der Waals surface area contributed by atoms with Crippen LogP contribution < -0.4 is 10.1 Å². The van der Waals surface area contributed by atoms with Crippen molar-refractivity contribution in [1.29, 1.82) is 0 Å². The van der Waals surface area contributed by atoms with Crippen LogP contribution in [0.1, 0.15) is 15.2 Å². The van der Waals surface area contributed by atoms with Crippen LogP contribution in [-0.4, -0.2) is 15.5 Å². The highest BCUT2D eigenvalue weighted by molar-refractivity contribution is 7.12. The van der Waals surface area contributed by atoms with Gasteiger partial charge in [0.25, 0.3) is 5.91 Å². The lowest BCUT2D eigenvalue weighted by atomic mass is 10.3.